The van der Waals surface area contributed by atoms with Gasteiger partial charge in [-0.2, -0.15) is 0 Å². The number of carbonyl (C=O) groups excluding carboxylic acids is 3. The summed E-state index contributed by atoms with van der Waals surface area (Å²) in [6.07, 6.45) is 7.38. The number of carbonyl (C=O) groups is 3. The number of rotatable bonds is 7. The molecule has 0 spiro atoms. The standard InChI is InChI=1S/C44H51N5O7S/c1-43(2,3)27-40(50)49-28-32(56-38-25-35(29-15-9-8-10-16-29)46-36-23-31(55-4)20-21-33(36)38)24-37(49)41(51)47-44-26-30(44)17-11-6-5-7-14-22-45-34-18-12-13-19-39(34)57(53,54)48-42(44)52/h8-13,15-21,23,25,30,32,37,45H,5-7,14,22,24,26-28H2,1-4H3,(H,47,51)(H,48,52)/b17-11-/t30-,32-,37+,44-/m1/s1. The Hall–Kier alpha value is -5.43. The molecule has 7 rings (SSSR count). The normalized spacial score (nSPS) is 24.0. The van der Waals surface area contributed by atoms with E-state index in [2.05, 4.69) is 15.4 Å². The number of sulfonamides is 1. The number of likely N-dealkylation sites (tertiary alicyclic amines) is 1. The van der Waals surface area contributed by atoms with E-state index in [1.807, 2.05) is 87.5 Å². The topological polar surface area (TPSA) is 156 Å². The van der Waals surface area contributed by atoms with E-state index >= 15 is 0 Å². The van der Waals surface area contributed by atoms with E-state index in [-0.39, 0.29) is 42.0 Å². The Morgan fingerprint density at radius 1 is 1.00 bits per heavy atom. The van der Waals surface area contributed by atoms with Gasteiger partial charge >= 0.3 is 0 Å². The lowest BCUT2D eigenvalue weighted by atomic mass is 9.91. The highest BCUT2D eigenvalue weighted by Gasteiger charge is 2.61. The molecule has 0 radical (unpaired) electrons. The van der Waals surface area contributed by atoms with Crippen LogP contribution in [-0.4, -0.2) is 73.9 Å². The van der Waals surface area contributed by atoms with Gasteiger partial charge in [0, 0.05) is 48.4 Å². The first-order valence-electron chi connectivity index (χ1n) is 19.7. The number of allylic oxidation sites excluding steroid dienone is 1. The third-order valence-electron chi connectivity index (χ3n) is 10.8. The smallest absolute Gasteiger partial charge is 0.266 e. The Morgan fingerprint density at radius 3 is 2.54 bits per heavy atom. The lowest BCUT2D eigenvalue weighted by Gasteiger charge is -2.29. The summed E-state index contributed by atoms with van der Waals surface area (Å²) in [5.41, 5.74) is 0.758. The van der Waals surface area contributed by atoms with Crippen LogP contribution in [0.1, 0.15) is 65.7 Å². The van der Waals surface area contributed by atoms with Gasteiger partial charge in [0.1, 0.15) is 34.1 Å². The first-order chi connectivity index (χ1) is 27.3. The highest BCUT2D eigenvalue weighted by Crippen LogP contribution is 2.46. The number of amides is 3. The third kappa shape index (κ3) is 8.93. The highest BCUT2D eigenvalue weighted by molar-refractivity contribution is 7.90. The summed E-state index contributed by atoms with van der Waals surface area (Å²) >= 11 is 0. The molecule has 2 aliphatic heterocycles. The number of aromatic nitrogens is 1. The minimum Gasteiger partial charge on any atom is -0.497 e. The number of methoxy groups -OCH3 is 1. The van der Waals surface area contributed by atoms with Gasteiger partial charge in [0.25, 0.3) is 15.9 Å². The number of para-hydroxylation sites is 1. The molecule has 3 heterocycles. The van der Waals surface area contributed by atoms with Gasteiger partial charge in [-0.3, -0.25) is 14.4 Å². The Morgan fingerprint density at radius 2 is 1.77 bits per heavy atom. The minimum atomic E-state index is -4.32. The second kappa shape index (κ2) is 16.2. The molecule has 3 aliphatic rings. The summed E-state index contributed by atoms with van der Waals surface area (Å²) in [4.78, 5) is 49.0. The van der Waals surface area contributed by atoms with Crippen molar-refractivity contribution >= 4 is 44.3 Å². The first-order valence-corrected chi connectivity index (χ1v) is 21.1. The fourth-order valence-electron chi connectivity index (χ4n) is 7.75. The van der Waals surface area contributed by atoms with Gasteiger partial charge in [-0.25, -0.2) is 18.1 Å². The zero-order chi connectivity index (χ0) is 40.4. The molecule has 57 heavy (non-hydrogen) atoms. The van der Waals surface area contributed by atoms with E-state index in [0.717, 1.165) is 36.6 Å². The van der Waals surface area contributed by atoms with Gasteiger partial charge in [0.15, 0.2) is 0 Å². The van der Waals surface area contributed by atoms with Gasteiger partial charge in [-0.1, -0.05) is 81.8 Å². The summed E-state index contributed by atoms with van der Waals surface area (Å²) in [6, 6.07) is 22.6. The molecule has 1 aromatic heterocycles. The van der Waals surface area contributed by atoms with Crippen molar-refractivity contribution in [3.05, 3.63) is 91.0 Å². The van der Waals surface area contributed by atoms with Crippen LogP contribution in [-0.2, 0) is 24.4 Å². The van der Waals surface area contributed by atoms with Gasteiger partial charge in [-0.15, -0.1) is 0 Å². The summed E-state index contributed by atoms with van der Waals surface area (Å²) in [7, 11) is -2.72. The number of fused-ring (bicyclic) bond motifs is 3. The quantitative estimate of drug-likeness (QED) is 0.175. The molecule has 4 atom stereocenters. The van der Waals surface area contributed by atoms with Crippen molar-refractivity contribution in [2.75, 3.05) is 25.5 Å². The van der Waals surface area contributed by atoms with Crippen LogP contribution in [0.2, 0.25) is 0 Å². The number of hydrogen-bond donors (Lipinski definition) is 3. The largest absolute Gasteiger partial charge is 0.497 e. The maximum Gasteiger partial charge on any atom is 0.266 e. The lowest BCUT2D eigenvalue weighted by molar-refractivity contribution is -0.141. The van der Waals surface area contributed by atoms with Crippen LogP contribution in [0.3, 0.4) is 0 Å². The fraction of sp³-hybridized carbons (Fsp3) is 0.409. The average Bonchev–Trinajstić information content (AvgIpc) is 3.71. The molecule has 1 saturated heterocycles. The van der Waals surface area contributed by atoms with Crippen molar-refractivity contribution in [3.63, 3.8) is 0 Å². The molecular formula is C44H51N5O7S. The average molecular weight is 794 g/mol. The van der Waals surface area contributed by atoms with Gasteiger partial charge in [0.05, 0.1) is 30.6 Å². The first kappa shape index (κ1) is 39.8. The number of pyridine rings is 1. The van der Waals surface area contributed by atoms with Gasteiger partial charge in [0.2, 0.25) is 11.8 Å². The molecule has 12 nitrogen and oxygen atoms in total. The monoisotopic (exact) mass is 793 g/mol. The summed E-state index contributed by atoms with van der Waals surface area (Å²) in [5.74, 6) is -0.823. The number of hydrogen-bond acceptors (Lipinski definition) is 9. The maximum atomic E-state index is 14.5. The maximum absolute atomic E-state index is 14.5. The van der Waals surface area contributed by atoms with Crippen molar-refractivity contribution in [1.82, 2.24) is 19.9 Å². The molecule has 3 amide bonds. The second-order valence-electron chi connectivity index (χ2n) is 16.4. The van der Waals surface area contributed by atoms with Crippen LogP contribution in [0.5, 0.6) is 11.5 Å². The predicted molar refractivity (Wildman–Crippen MR) is 219 cm³/mol. The molecule has 0 unspecified atom stereocenters. The van der Waals surface area contributed by atoms with Crippen LogP contribution in [0.4, 0.5) is 5.69 Å². The number of anilines is 1. The zero-order valence-electron chi connectivity index (χ0n) is 32.9. The van der Waals surface area contributed by atoms with Crippen molar-refractivity contribution in [3.8, 4) is 22.8 Å². The molecule has 300 valence electrons. The van der Waals surface area contributed by atoms with Crippen LogP contribution < -0.4 is 24.8 Å². The molecule has 13 heteroatoms. The highest BCUT2D eigenvalue weighted by atomic mass is 32.2. The SMILES string of the molecule is COc1ccc2c(O[C@@H]3C[C@@H](C(=O)N[C@]45C[C@H]4/C=C\CCCCCNc4ccccc4S(=O)(=O)NC5=O)N(C(=O)CC(C)(C)C)C3)cc(-c3ccccc3)nc2c1. The minimum absolute atomic E-state index is 0.0466. The van der Waals surface area contributed by atoms with Gasteiger partial charge < -0.3 is 25.0 Å². The van der Waals surface area contributed by atoms with Crippen molar-refractivity contribution in [1.29, 1.82) is 0 Å². The Bertz CT molecular complexity index is 2290. The molecule has 3 aromatic carbocycles. The van der Waals surface area contributed by atoms with Crippen LogP contribution >= 0.6 is 0 Å². The Labute approximate surface area is 334 Å². The molecule has 0 bridgehead atoms. The zero-order valence-corrected chi connectivity index (χ0v) is 33.7. The lowest BCUT2D eigenvalue weighted by Crippen LogP contribution is -2.56. The Kier molecular flexibility index (Phi) is 11.3. The van der Waals surface area contributed by atoms with Crippen LogP contribution in [0.15, 0.2) is 95.9 Å². The second-order valence-corrected chi connectivity index (χ2v) is 18.1. The third-order valence-corrected chi connectivity index (χ3v) is 12.2. The van der Waals surface area contributed by atoms with Crippen molar-refractivity contribution in [2.24, 2.45) is 11.3 Å². The van der Waals surface area contributed by atoms with Crippen LogP contribution in [0.25, 0.3) is 22.2 Å². The van der Waals surface area contributed by atoms with E-state index in [1.165, 1.54) is 6.07 Å². The Balaban J connectivity index is 1.19. The summed E-state index contributed by atoms with van der Waals surface area (Å²) in [6.45, 7) is 6.60. The van der Waals surface area contributed by atoms with Crippen molar-refractivity contribution < 1.29 is 32.3 Å². The molecule has 1 saturated carbocycles. The summed E-state index contributed by atoms with van der Waals surface area (Å²) in [5, 5.41) is 6.91. The number of nitrogens with one attached hydrogen (secondary N) is 3. The molecule has 4 aromatic rings. The van der Waals surface area contributed by atoms with Crippen molar-refractivity contribution in [2.45, 2.75) is 88.3 Å². The number of nitrogens with zero attached hydrogens (tertiary/aromatic N) is 2. The molecule has 3 N–H and O–H groups in total. The van der Waals surface area contributed by atoms with E-state index in [0.29, 0.717) is 34.9 Å². The van der Waals surface area contributed by atoms with Gasteiger partial charge in [-0.05, 0) is 55.4 Å². The van der Waals surface area contributed by atoms with Crippen LogP contribution in [0, 0.1) is 11.3 Å². The molecular weight excluding hydrogens is 743 g/mol. The number of benzene rings is 3. The van der Waals surface area contributed by atoms with E-state index in [4.69, 9.17) is 14.5 Å². The van der Waals surface area contributed by atoms with E-state index in [9.17, 15) is 22.8 Å². The molecule has 2 fully saturated rings. The van der Waals surface area contributed by atoms with E-state index < -0.39 is 45.4 Å². The predicted octanol–water partition coefficient (Wildman–Crippen LogP) is 6.62. The molecule has 1 aliphatic carbocycles. The van der Waals surface area contributed by atoms with E-state index in [1.54, 1.807) is 30.2 Å². The fourth-order valence-corrected chi connectivity index (χ4v) is 8.97. The number of ether oxygens (including phenoxy) is 2. The summed E-state index contributed by atoms with van der Waals surface area (Å²) < 4.78 is 42.0.